The van der Waals surface area contributed by atoms with Crippen LogP contribution in [-0.2, 0) is 9.59 Å². The fraction of sp³-hybridized carbons (Fsp3) is 0.867. The number of nitrogens with zero attached hydrogens (tertiary/aromatic N) is 2. The molecule has 0 bridgehead atoms. The molecule has 0 saturated carbocycles. The van der Waals surface area contributed by atoms with E-state index in [1.54, 1.807) is 0 Å². The van der Waals surface area contributed by atoms with Crippen molar-refractivity contribution in [3.8, 4) is 0 Å². The third kappa shape index (κ3) is 5.49. The van der Waals surface area contributed by atoms with Crippen molar-refractivity contribution >= 4 is 11.8 Å². The lowest BCUT2D eigenvalue weighted by molar-refractivity contribution is -0.141. The van der Waals surface area contributed by atoms with Gasteiger partial charge in [0, 0.05) is 38.1 Å². The summed E-state index contributed by atoms with van der Waals surface area (Å²) in [5, 5.41) is 2.93. The van der Waals surface area contributed by atoms with Crippen molar-refractivity contribution in [1.82, 2.24) is 15.1 Å². The molecule has 1 saturated heterocycles. The van der Waals surface area contributed by atoms with Crippen LogP contribution in [0, 0.1) is 5.41 Å². The largest absolute Gasteiger partial charge is 0.355 e. The Kier molecular flexibility index (Phi) is 6.46. The highest BCUT2D eigenvalue weighted by Gasteiger charge is 2.29. The molecule has 1 fully saturated rings. The molecule has 1 heterocycles. The Morgan fingerprint density at radius 3 is 2.20 bits per heavy atom. The van der Waals surface area contributed by atoms with Gasteiger partial charge in [0.25, 0.3) is 0 Å². The average molecular weight is 283 g/mol. The molecule has 1 aliphatic rings. The first-order valence-electron chi connectivity index (χ1n) is 7.63. The van der Waals surface area contributed by atoms with E-state index in [0.29, 0.717) is 6.54 Å². The van der Waals surface area contributed by atoms with Crippen molar-refractivity contribution in [2.75, 3.05) is 39.3 Å². The molecule has 0 aromatic rings. The number of hydrogen-bond donors (Lipinski definition) is 1. The van der Waals surface area contributed by atoms with Crippen LogP contribution < -0.4 is 5.32 Å². The molecule has 0 aliphatic carbocycles. The second-order valence-corrected chi connectivity index (χ2v) is 6.52. The summed E-state index contributed by atoms with van der Waals surface area (Å²) in [6.45, 7) is 12.2. The van der Waals surface area contributed by atoms with Crippen molar-refractivity contribution in [2.24, 2.45) is 5.41 Å². The predicted molar refractivity (Wildman–Crippen MR) is 80.4 cm³/mol. The molecule has 5 heteroatoms. The molecule has 0 aromatic heterocycles. The van der Waals surface area contributed by atoms with Crippen LogP contribution in [-0.4, -0.2) is 60.9 Å². The van der Waals surface area contributed by atoms with Crippen LogP contribution in [0.3, 0.4) is 0 Å². The molecule has 116 valence electrons. The Hall–Kier alpha value is -1.10. The van der Waals surface area contributed by atoms with Gasteiger partial charge in [-0.3, -0.25) is 14.5 Å². The number of unbranched alkanes of at least 4 members (excludes halogenated alkanes) is 1. The van der Waals surface area contributed by atoms with Gasteiger partial charge in [0.05, 0.1) is 6.54 Å². The highest BCUT2D eigenvalue weighted by Crippen LogP contribution is 2.18. The van der Waals surface area contributed by atoms with E-state index in [1.165, 1.54) is 0 Å². The van der Waals surface area contributed by atoms with Crippen molar-refractivity contribution in [2.45, 2.75) is 40.5 Å². The second-order valence-electron chi connectivity index (χ2n) is 6.52. The van der Waals surface area contributed by atoms with E-state index in [2.05, 4.69) is 17.1 Å². The molecule has 0 radical (unpaired) electrons. The van der Waals surface area contributed by atoms with E-state index in [4.69, 9.17) is 0 Å². The fourth-order valence-corrected chi connectivity index (χ4v) is 2.25. The van der Waals surface area contributed by atoms with Gasteiger partial charge in [-0.15, -0.1) is 0 Å². The van der Waals surface area contributed by atoms with E-state index in [-0.39, 0.29) is 17.2 Å². The summed E-state index contributed by atoms with van der Waals surface area (Å²) in [7, 11) is 0. The topological polar surface area (TPSA) is 52.7 Å². The molecule has 0 atom stereocenters. The van der Waals surface area contributed by atoms with E-state index in [0.717, 1.165) is 45.6 Å². The van der Waals surface area contributed by atoms with Crippen molar-refractivity contribution < 1.29 is 9.59 Å². The highest BCUT2D eigenvalue weighted by molar-refractivity contribution is 5.81. The molecule has 0 aromatic carbocycles. The molecular weight excluding hydrogens is 254 g/mol. The van der Waals surface area contributed by atoms with Crippen LogP contribution in [0.15, 0.2) is 0 Å². The first kappa shape index (κ1) is 17.0. The highest BCUT2D eigenvalue weighted by atomic mass is 16.2. The normalized spacial score (nSPS) is 17.1. The third-order valence-electron chi connectivity index (χ3n) is 3.52. The number of nitrogens with one attached hydrogen (secondary N) is 1. The number of rotatable bonds is 5. The summed E-state index contributed by atoms with van der Waals surface area (Å²) in [4.78, 5) is 27.9. The van der Waals surface area contributed by atoms with Crippen molar-refractivity contribution in [3.63, 3.8) is 0 Å². The van der Waals surface area contributed by atoms with Gasteiger partial charge >= 0.3 is 0 Å². The first-order chi connectivity index (χ1) is 9.34. The summed E-state index contributed by atoms with van der Waals surface area (Å²) >= 11 is 0. The molecule has 1 aliphatic heterocycles. The van der Waals surface area contributed by atoms with Gasteiger partial charge in [0.15, 0.2) is 0 Å². The van der Waals surface area contributed by atoms with Crippen LogP contribution in [0.1, 0.15) is 40.5 Å². The molecule has 20 heavy (non-hydrogen) atoms. The second kappa shape index (κ2) is 7.62. The standard InChI is InChI=1S/C15H29N3O2/c1-5-6-7-16-13(19)12-17-8-10-18(11-9-17)14(20)15(2,3)4/h5-12H2,1-4H3,(H,16,19). The number of piperazine rings is 1. The lowest BCUT2D eigenvalue weighted by Gasteiger charge is -2.37. The number of amides is 2. The zero-order valence-corrected chi connectivity index (χ0v) is 13.4. The molecule has 1 N–H and O–H groups in total. The van der Waals surface area contributed by atoms with E-state index in [1.807, 2.05) is 25.7 Å². The predicted octanol–water partition coefficient (Wildman–Crippen LogP) is 1.09. The molecule has 0 unspecified atom stereocenters. The zero-order valence-electron chi connectivity index (χ0n) is 13.4. The Labute approximate surface area is 122 Å². The fourth-order valence-electron chi connectivity index (χ4n) is 2.25. The van der Waals surface area contributed by atoms with Gasteiger partial charge in [-0.1, -0.05) is 34.1 Å². The quantitative estimate of drug-likeness (QED) is 0.769. The zero-order chi connectivity index (χ0) is 15.2. The van der Waals surface area contributed by atoms with Gasteiger partial charge in [-0.25, -0.2) is 0 Å². The minimum atomic E-state index is -0.320. The van der Waals surface area contributed by atoms with E-state index in [9.17, 15) is 9.59 Å². The first-order valence-corrected chi connectivity index (χ1v) is 7.63. The molecule has 1 rings (SSSR count). The van der Waals surface area contributed by atoms with Crippen LogP contribution in [0.25, 0.3) is 0 Å². The monoisotopic (exact) mass is 283 g/mol. The maximum absolute atomic E-state index is 12.2. The van der Waals surface area contributed by atoms with Crippen LogP contribution in [0.4, 0.5) is 0 Å². The molecular formula is C15H29N3O2. The van der Waals surface area contributed by atoms with Gasteiger partial charge < -0.3 is 10.2 Å². The van der Waals surface area contributed by atoms with Crippen molar-refractivity contribution in [3.05, 3.63) is 0 Å². The van der Waals surface area contributed by atoms with Crippen molar-refractivity contribution in [1.29, 1.82) is 0 Å². The third-order valence-corrected chi connectivity index (χ3v) is 3.52. The summed E-state index contributed by atoms with van der Waals surface area (Å²) in [6, 6.07) is 0. The average Bonchev–Trinajstić information content (AvgIpc) is 2.38. The summed E-state index contributed by atoms with van der Waals surface area (Å²) in [6.07, 6.45) is 2.12. The van der Waals surface area contributed by atoms with E-state index >= 15 is 0 Å². The minimum Gasteiger partial charge on any atom is -0.355 e. The van der Waals surface area contributed by atoms with Gasteiger partial charge in [0.2, 0.25) is 11.8 Å². The van der Waals surface area contributed by atoms with Gasteiger partial charge in [-0.2, -0.15) is 0 Å². The van der Waals surface area contributed by atoms with Gasteiger partial charge in [-0.05, 0) is 6.42 Å². The van der Waals surface area contributed by atoms with Crippen LogP contribution in [0.5, 0.6) is 0 Å². The lowest BCUT2D eigenvalue weighted by Crippen LogP contribution is -2.53. The van der Waals surface area contributed by atoms with Crippen LogP contribution in [0.2, 0.25) is 0 Å². The van der Waals surface area contributed by atoms with E-state index < -0.39 is 0 Å². The SMILES string of the molecule is CCCCNC(=O)CN1CCN(C(=O)C(C)(C)C)CC1. The molecule has 2 amide bonds. The molecule has 5 nitrogen and oxygen atoms in total. The Balaban J connectivity index is 2.28. The van der Waals surface area contributed by atoms with Crippen LogP contribution >= 0.6 is 0 Å². The number of hydrogen-bond acceptors (Lipinski definition) is 3. The number of carbonyl (C=O) groups excluding carboxylic acids is 2. The maximum atomic E-state index is 12.2. The molecule has 0 spiro atoms. The van der Waals surface area contributed by atoms with Gasteiger partial charge in [0.1, 0.15) is 0 Å². The minimum absolute atomic E-state index is 0.0917. The summed E-state index contributed by atoms with van der Waals surface area (Å²) < 4.78 is 0. The number of carbonyl (C=O) groups is 2. The smallest absolute Gasteiger partial charge is 0.234 e. The Morgan fingerprint density at radius 2 is 1.70 bits per heavy atom. The lowest BCUT2D eigenvalue weighted by atomic mass is 9.94. The summed E-state index contributed by atoms with van der Waals surface area (Å²) in [5.41, 5.74) is -0.320. The Bertz CT molecular complexity index is 329. The Morgan fingerprint density at radius 1 is 1.10 bits per heavy atom. The maximum Gasteiger partial charge on any atom is 0.234 e. The summed E-state index contributed by atoms with van der Waals surface area (Å²) in [5.74, 6) is 0.290.